The Kier molecular flexibility index (Phi) is 3.14. The van der Waals surface area contributed by atoms with Crippen LogP contribution < -0.4 is 5.32 Å². The first-order valence-corrected chi connectivity index (χ1v) is 8.00. The molecule has 0 aromatic carbocycles. The summed E-state index contributed by atoms with van der Waals surface area (Å²) in [7, 11) is -3.89. The highest BCUT2D eigenvalue weighted by Crippen LogP contribution is 2.69. The van der Waals surface area contributed by atoms with Crippen LogP contribution in [0.15, 0.2) is 0 Å². The first-order valence-electron chi connectivity index (χ1n) is 6.39. The van der Waals surface area contributed by atoms with Gasteiger partial charge in [0.2, 0.25) is 0 Å². The van der Waals surface area contributed by atoms with E-state index < -0.39 is 21.8 Å². The largest absolute Gasteiger partial charge is 0.444 e. The van der Waals surface area contributed by atoms with Crippen molar-refractivity contribution in [2.24, 2.45) is 5.41 Å². The minimum atomic E-state index is -3.89. The molecule has 0 spiro atoms. The van der Waals surface area contributed by atoms with Gasteiger partial charge in [0.15, 0.2) is 0 Å². The van der Waals surface area contributed by atoms with Crippen molar-refractivity contribution < 1.29 is 22.5 Å². The molecule has 2 bridgehead atoms. The monoisotopic (exact) mass is 291 g/mol. The van der Waals surface area contributed by atoms with Gasteiger partial charge in [-0.2, -0.15) is 8.42 Å². The average Bonchev–Trinajstić information content (AvgIpc) is 2.01. The Balaban J connectivity index is 1.76. The fraction of sp³-hybridized carbons (Fsp3) is 0.917. The SMILES string of the molecule is CC(C)(C)OC(=O)NC12CC(CCS(=O)(=O)O)(C1)C2. The maximum absolute atomic E-state index is 11.6. The second-order valence-corrected chi connectivity index (χ2v) is 8.55. The maximum atomic E-state index is 11.6. The Morgan fingerprint density at radius 2 is 1.84 bits per heavy atom. The van der Waals surface area contributed by atoms with E-state index >= 15 is 0 Å². The smallest absolute Gasteiger partial charge is 0.408 e. The summed E-state index contributed by atoms with van der Waals surface area (Å²) < 4.78 is 35.4. The zero-order chi connectivity index (χ0) is 14.5. The molecule has 19 heavy (non-hydrogen) atoms. The predicted octanol–water partition coefficient (Wildman–Crippen LogP) is 1.71. The predicted molar refractivity (Wildman–Crippen MR) is 69.4 cm³/mol. The number of carbonyl (C=O) groups excluding carboxylic acids is 1. The summed E-state index contributed by atoms with van der Waals surface area (Å²) in [5.41, 5.74) is -0.733. The normalized spacial score (nSPS) is 33.1. The number of amides is 1. The van der Waals surface area contributed by atoms with Crippen LogP contribution in [0.5, 0.6) is 0 Å². The zero-order valence-electron chi connectivity index (χ0n) is 11.5. The van der Waals surface area contributed by atoms with Crippen LogP contribution >= 0.6 is 0 Å². The number of hydrogen-bond donors (Lipinski definition) is 2. The molecule has 0 atom stereocenters. The zero-order valence-corrected chi connectivity index (χ0v) is 12.3. The van der Waals surface area contributed by atoms with E-state index in [-0.39, 0.29) is 16.7 Å². The first-order chi connectivity index (χ1) is 8.43. The molecule has 3 aliphatic carbocycles. The summed E-state index contributed by atoms with van der Waals surface area (Å²) in [6.45, 7) is 5.42. The highest BCUT2D eigenvalue weighted by atomic mass is 32.2. The molecule has 0 aromatic rings. The minimum Gasteiger partial charge on any atom is -0.444 e. The summed E-state index contributed by atoms with van der Waals surface area (Å²) in [5.74, 6) is -0.199. The summed E-state index contributed by atoms with van der Waals surface area (Å²) in [5, 5.41) is 2.86. The van der Waals surface area contributed by atoms with E-state index in [1.54, 1.807) is 0 Å². The fourth-order valence-corrected chi connectivity index (χ4v) is 3.95. The molecule has 3 rings (SSSR count). The molecular formula is C12H21NO5S. The van der Waals surface area contributed by atoms with Gasteiger partial charge < -0.3 is 10.1 Å². The lowest BCUT2D eigenvalue weighted by Gasteiger charge is -2.70. The van der Waals surface area contributed by atoms with Gasteiger partial charge in [0.05, 0.1) is 5.75 Å². The minimum absolute atomic E-state index is 0.00911. The van der Waals surface area contributed by atoms with Crippen LogP contribution in [0.4, 0.5) is 4.79 Å². The third-order valence-corrected chi connectivity index (χ3v) is 4.52. The molecular weight excluding hydrogens is 270 g/mol. The van der Waals surface area contributed by atoms with E-state index in [9.17, 15) is 13.2 Å². The Morgan fingerprint density at radius 1 is 1.32 bits per heavy atom. The van der Waals surface area contributed by atoms with Gasteiger partial charge in [0, 0.05) is 5.54 Å². The molecule has 6 nitrogen and oxygen atoms in total. The molecule has 7 heteroatoms. The van der Waals surface area contributed by atoms with Gasteiger partial charge >= 0.3 is 6.09 Å². The maximum Gasteiger partial charge on any atom is 0.408 e. The van der Waals surface area contributed by atoms with Gasteiger partial charge in [-0.1, -0.05) is 0 Å². The number of nitrogens with one attached hydrogen (secondary N) is 1. The van der Waals surface area contributed by atoms with Crippen molar-refractivity contribution in [3.05, 3.63) is 0 Å². The van der Waals surface area contributed by atoms with Crippen molar-refractivity contribution in [2.45, 2.75) is 57.6 Å². The van der Waals surface area contributed by atoms with Crippen LogP contribution in [-0.4, -0.2) is 36.0 Å². The van der Waals surface area contributed by atoms with Crippen LogP contribution in [0.25, 0.3) is 0 Å². The van der Waals surface area contributed by atoms with E-state index in [4.69, 9.17) is 9.29 Å². The molecule has 1 amide bonds. The third kappa shape index (κ3) is 3.39. The first kappa shape index (κ1) is 14.6. The Morgan fingerprint density at radius 3 is 2.26 bits per heavy atom. The molecule has 3 aliphatic rings. The van der Waals surface area contributed by atoms with Gasteiger partial charge in [0.25, 0.3) is 10.1 Å². The van der Waals surface area contributed by atoms with Crippen molar-refractivity contribution in [3.8, 4) is 0 Å². The molecule has 110 valence electrons. The molecule has 0 aromatic heterocycles. The average molecular weight is 291 g/mol. The van der Waals surface area contributed by atoms with E-state index in [1.165, 1.54) is 0 Å². The lowest BCUT2D eigenvalue weighted by Crippen LogP contribution is -2.75. The molecule has 2 N–H and O–H groups in total. The van der Waals surface area contributed by atoms with Gasteiger partial charge in [0.1, 0.15) is 5.60 Å². The van der Waals surface area contributed by atoms with Crippen molar-refractivity contribution >= 4 is 16.2 Å². The number of hydrogen-bond acceptors (Lipinski definition) is 4. The van der Waals surface area contributed by atoms with Crippen molar-refractivity contribution in [1.29, 1.82) is 0 Å². The van der Waals surface area contributed by atoms with E-state index in [0.717, 1.165) is 19.3 Å². The number of alkyl carbamates (subject to hydrolysis) is 1. The number of carbonyl (C=O) groups is 1. The Bertz CT molecular complexity index is 471. The third-order valence-electron chi connectivity index (χ3n) is 3.80. The van der Waals surface area contributed by atoms with Gasteiger partial charge in [-0.15, -0.1) is 0 Å². The highest BCUT2D eigenvalue weighted by Gasteiger charge is 2.68. The Hall–Kier alpha value is -0.820. The van der Waals surface area contributed by atoms with Crippen LogP contribution in [0.1, 0.15) is 46.5 Å². The van der Waals surface area contributed by atoms with Crippen LogP contribution in [0.2, 0.25) is 0 Å². The van der Waals surface area contributed by atoms with Gasteiger partial charge in [-0.05, 0) is 51.9 Å². The highest BCUT2D eigenvalue weighted by molar-refractivity contribution is 7.85. The molecule has 3 fully saturated rings. The second-order valence-electron chi connectivity index (χ2n) is 6.97. The van der Waals surface area contributed by atoms with Crippen LogP contribution in [0, 0.1) is 5.41 Å². The van der Waals surface area contributed by atoms with E-state index in [1.807, 2.05) is 20.8 Å². The second kappa shape index (κ2) is 4.09. The number of ether oxygens (including phenoxy) is 1. The van der Waals surface area contributed by atoms with Gasteiger partial charge in [-0.25, -0.2) is 4.79 Å². The molecule has 0 aliphatic heterocycles. The fourth-order valence-electron chi connectivity index (χ4n) is 3.26. The van der Waals surface area contributed by atoms with Crippen molar-refractivity contribution in [1.82, 2.24) is 5.32 Å². The van der Waals surface area contributed by atoms with Gasteiger partial charge in [-0.3, -0.25) is 4.55 Å². The Labute approximate surface area is 113 Å². The van der Waals surface area contributed by atoms with Crippen molar-refractivity contribution in [3.63, 3.8) is 0 Å². The summed E-state index contributed by atoms with van der Waals surface area (Å²) in [4.78, 5) is 11.6. The summed E-state index contributed by atoms with van der Waals surface area (Å²) in [6.07, 6.45) is 2.36. The molecule has 0 saturated heterocycles. The lowest BCUT2D eigenvalue weighted by molar-refractivity contribution is -0.152. The topological polar surface area (TPSA) is 92.7 Å². The molecule has 3 saturated carbocycles. The molecule has 0 radical (unpaired) electrons. The van der Waals surface area contributed by atoms with E-state index in [0.29, 0.717) is 6.42 Å². The quantitative estimate of drug-likeness (QED) is 0.769. The lowest BCUT2D eigenvalue weighted by atomic mass is 9.38. The summed E-state index contributed by atoms with van der Waals surface area (Å²) in [6, 6.07) is 0. The van der Waals surface area contributed by atoms with E-state index in [2.05, 4.69) is 5.32 Å². The summed E-state index contributed by atoms with van der Waals surface area (Å²) >= 11 is 0. The van der Waals surface area contributed by atoms with Crippen molar-refractivity contribution in [2.75, 3.05) is 5.75 Å². The van der Waals surface area contributed by atoms with Crippen LogP contribution in [-0.2, 0) is 14.9 Å². The van der Waals surface area contributed by atoms with Crippen LogP contribution in [0.3, 0.4) is 0 Å². The standard InChI is InChI=1S/C12H21NO5S/c1-10(2,3)18-9(14)13-12-6-11(7-12,8-12)4-5-19(15,16)17/h4-8H2,1-3H3,(H,13,14)(H,15,16,17). The molecule has 0 unspecified atom stereocenters. The number of rotatable bonds is 4. The molecule has 0 heterocycles.